The molecule has 0 radical (unpaired) electrons. The van der Waals surface area contributed by atoms with Gasteiger partial charge in [0.15, 0.2) is 0 Å². The summed E-state index contributed by atoms with van der Waals surface area (Å²) in [4.78, 5) is 20.1. The molecule has 0 N–H and O–H groups in total. The molecule has 3 aromatic rings. The van der Waals surface area contributed by atoms with Gasteiger partial charge in [0.1, 0.15) is 5.75 Å². The van der Waals surface area contributed by atoms with Crippen LogP contribution in [-0.4, -0.2) is 66.7 Å². The maximum atomic E-state index is 13.2. The number of fused-ring (bicyclic) bond motifs is 1. The Kier molecular flexibility index (Phi) is 6.70. The van der Waals surface area contributed by atoms with Crippen LogP contribution in [0, 0.1) is 5.92 Å². The largest absolute Gasteiger partial charge is 0.497 e. The number of likely N-dealkylation sites (tertiary alicyclic amines) is 1. The normalized spacial score (nSPS) is 18.0. The molecule has 2 fully saturated rings. The summed E-state index contributed by atoms with van der Waals surface area (Å²) in [6.45, 7) is 6.16. The molecule has 0 aliphatic carbocycles. The molecule has 0 bridgehead atoms. The number of benzene rings is 2. The van der Waals surface area contributed by atoms with E-state index in [4.69, 9.17) is 16.3 Å². The average Bonchev–Trinajstić information content (AvgIpc) is 3.18. The Hall–Kier alpha value is -2.70. The Labute approximate surface area is 206 Å². The number of amides is 1. The van der Waals surface area contributed by atoms with Crippen molar-refractivity contribution < 1.29 is 9.53 Å². The minimum absolute atomic E-state index is 0.144. The third kappa shape index (κ3) is 4.75. The quantitative estimate of drug-likeness (QED) is 0.542. The second kappa shape index (κ2) is 9.88. The number of piperidine rings is 1. The van der Waals surface area contributed by atoms with Gasteiger partial charge in [-0.1, -0.05) is 11.6 Å². The van der Waals surface area contributed by atoms with E-state index in [1.165, 1.54) is 22.2 Å². The van der Waals surface area contributed by atoms with E-state index < -0.39 is 0 Å². The van der Waals surface area contributed by atoms with Gasteiger partial charge in [-0.2, -0.15) is 0 Å². The topological polar surface area (TPSA) is 41.0 Å². The molecule has 5 rings (SSSR count). The fourth-order valence-corrected chi connectivity index (χ4v) is 5.56. The number of hydrogen-bond acceptors (Lipinski definition) is 4. The molecule has 2 saturated heterocycles. The zero-order chi connectivity index (χ0) is 23.7. The second-order valence-electron chi connectivity index (χ2n) is 9.49. The number of halogens is 1. The summed E-state index contributed by atoms with van der Waals surface area (Å²) < 4.78 is 7.43. The smallest absolute Gasteiger partial charge is 0.225 e. The Morgan fingerprint density at radius 1 is 1.00 bits per heavy atom. The van der Waals surface area contributed by atoms with Gasteiger partial charge in [-0.05, 0) is 74.0 Å². The van der Waals surface area contributed by atoms with Crippen LogP contribution < -0.4 is 9.64 Å². The van der Waals surface area contributed by atoms with Crippen LogP contribution in [0.3, 0.4) is 0 Å². The van der Waals surface area contributed by atoms with Crippen molar-refractivity contribution in [2.75, 3.05) is 51.3 Å². The number of carbonyl (C=O) groups is 1. The monoisotopic (exact) mass is 480 g/mol. The van der Waals surface area contributed by atoms with E-state index in [-0.39, 0.29) is 5.92 Å². The highest BCUT2D eigenvalue weighted by Gasteiger charge is 2.30. The minimum atomic E-state index is 0.144. The molecule has 2 aromatic carbocycles. The van der Waals surface area contributed by atoms with Crippen molar-refractivity contribution >= 4 is 34.1 Å². The molecule has 0 atom stereocenters. The van der Waals surface area contributed by atoms with Gasteiger partial charge in [0.05, 0.1) is 7.11 Å². The van der Waals surface area contributed by atoms with Crippen molar-refractivity contribution in [3.8, 4) is 5.75 Å². The molecule has 0 unspecified atom stereocenters. The molecule has 7 heteroatoms. The van der Waals surface area contributed by atoms with E-state index >= 15 is 0 Å². The van der Waals surface area contributed by atoms with E-state index in [1.807, 2.05) is 18.2 Å². The van der Waals surface area contributed by atoms with Gasteiger partial charge >= 0.3 is 0 Å². The highest BCUT2D eigenvalue weighted by molar-refractivity contribution is 6.31. The highest BCUT2D eigenvalue weighted by atomic mass is 35.5. The van der Waals surface area contributed by atoms with E-state index in [9.17, 15) is 4.79 Å². The van der Waals surface area contributed by atoms with Crippen LogP contribution in [0.4, 0.5) is 5.69 Å². The predicted octanol–water partition coefficient (Wildman–Crippen LogP) is 4.40. The van der Waals surface area contributed by atoms with E-state index in [2.05, 4.69) is 56.8 Å². The number of anilines is 1. The first-order chi connectivity index (χ1) is 16.5. The fraction of sp³-hybridized carbons (Fsp3) is 0.444. The summed E-state index contributed by atoms with van der Waals surface area (Å²) in [5, 5.41) is 2.00. The van der Waals surface area contributed by atoms with Crippen molar-refractivity contribution in [1.29, 1.82) is 0 Å². The SMILES string of the molecule is COc1ccc(N2CCN(C(=O)C3CCN(Cc4cn(C)c5ccc(Cl)cc45)CC3)CC2)cc1. The first kappa shape index (κ1) is 23.1. The van der Waals surface area contributed by atoms with E-state index in [0.717, 1.165) is 69.4 Å². The number of carbonyl (C=O) groups excluding carboxylic acids is 1. The van der Waals surface area contributed by atoms with Crippen molar-refractivity contribution in [1.82, 2.24) is 14.4 Å². The molecule has 0 saturated carbocycles. The fourth-order valence-electron chi connectivity index (χ4n) is 5.39. The van der Waals surface area contributed by atoms with Gasteiger partial charge in [-0.15, -0.1) is 0 Å². The van der Waals surface area contributed by atoms with Crippen LogP contribution in [0.15, 0.2) is 48.7 Å². The maximum Gasteiger partial charge on any atom is 0.225 e. The molecule has 2 aliphatic heterocycles. The van der Waals surface area contributed by atoms with Crippen molar-refractivity contribution in [2.24, 2.45) is 13.0 Å². The second-order valence-corrected chi connectivity index (χ2v) is 9.92. The summed E-state index contributed by atoms with van der Waals surface area (Å²) in [7, 11) is 3.77. The molecule has 1 aromatic heterocycles. The first-order valence-corrected chi connectivity index (χ1v) is 12.5. The molecule has 3 heterocycles. The number of nitrogens with zero attached hydrogens (tertiary/aromatic N) is 4. The van der Waals surface area contributed by atoms with Crippen LogP contribution in [0.1, 0.15) is 18.4 Å². The van der Waals surface area contributed by atoms with Gasteiger partial charge in [0.2, 0.25) is 5.91 Å². The van der Waals surface area contributed by atoms with Crippen LogP contribution in [0.2, 0.25) is 5.02 Å². The average molecular weight is 481 g/mol. The first-order valence-electron chi connectivity index (χ1n) is 12.2. The molecule has 1 amide bonds. The number of aryl methyl sites for hydroxylation is 1. The Balaban J connectivity index is 1.13. The van der Waals surface area contributed by atoms with Gasteiger partial charge in [-0.3, -0.25) is 9.69 Å². The molecule has 180 valence electrons. The number of ether oxygens (including phenoxy) is 1. The number of piperazine rings is 1. The lowest BCUT2D eigenvalue weighted by atomic mass is 9.94. The summed E-state index contributed by atoms with van der Waals surface area (Å²) in [6, 6.07) is 14.3. The van der Waals surface area contributed by atoms with Crippen molar-refractivity contribution in [3.05, 3.63) is 59.2 Å². The standard InChI is InChI=1S/C27H33ClN4O2/c1-29-18-21(25-17-22(28)3-8-26(25)29)19-30-11-9-20(10-12-30)27(33)32-15-13-31(14-16-32)23-4-6-24(34-2)7-5-23/h3-8,17-18,20H,9-16,19H2,1-2H3. The van der Waals surface area contributed by atoms with Crippen LogP contribution >= 0.6 is 11.6 Å². The van der Waals surface area contributed by atoms with Crippen molar-refractivity contribution in [3.63, 3.8) is 0 Å². The minimum Gasteiger partial charge on any atom is -0.497 e. The third-order valence-electron chi connectivity index (χ3n) is 7.39. The number of rotatable bonds is 5. The lowest BCUT2D eigenvalue weighted by Crippen LogP contribution is -2.51. The number of hydrogen-bond donors (Lipinski definition) is 0. The predicted molar refractivity (Wildman–Crippen MR) is 138 cm³/mol. The summed E-state index contributed by atoms with van der Waals surface area (Å²) in [6.07, 6.45) is 4.08. The summed E-state index contributed by atoms with van der Waals surface area (Å²) >= 11 is 6.25. The lowest BCUT2D eigenvalue weighted by Gasteiger charge is -2.39. The zero-order valence-corrected chi connectivity index (χ0v) is 20.8. The van der Waals surface area contributed by atoms with Crippen LogP contribution in [-0.2, 0) is 18.4 Å². The maximum absolute atomic E-state index is 13.2. The third-order valence-corrected chi connectivity index (χ3v) is 7.63. The molecule has 2 aliphatic rings. The van der Waals surface area contributed by atoms with Crippen LogP contribution in [0.5, 0.6) is 5.75 Å². The van der Waals surface area contributed by atoms with Crippen molar-refractivity contribution in [2.45, 2.75) is 19.4 Å². The lowest BCUT2D eigenvalue weighted by molar-refractivity contribution is -0.137. The Morgan fingerprint density at radius 2 is 1.71 bits per heavy atom. The van der Waals surface area contributed by atoms with Gasteiger partial charge in [-0.25, -0.2) is 0 Å². The van der Waals surface area contributed by atoms with Gasteiger partial charge in [0.25, 0.3) is 0 Å². The highest BCUT2D eigenvalue weighted by Crippen LogP contribution is 2.28. The summed E-state index contributed by atoms with van der Waals surface area (Å²) in [5.74, 6) is 1.35. The molecule has 0 spiro atoms. The van der Waals surface area contributed by atoms with Gasteiger partial charge in [0, 0.05) is 73.5 Å². The summed E-state index contributed by atoms with van der Waals surface area (Å²) in [5.41, 5.74) is 3.70. The van der Waals surface area contributed by atoms with Gasteiger partial charge < -0.3 is 19.1 Å². The molecular weight excluding hydrogens is 448 g/mol. The van der Waals surface area contributed by atoms with E-state index in [0.29, 0.717) is 5.91 Å². The molecule has 6 nitrogen and oxygen atoms in total. The Morgan fingerprint density at radius 3 is 2.38 bits per heavy atom. The molecule has 34 heavy (non-hydrogen) atoms. The van der Waals surface area contributed by atoms with Crippen LogP contribution in [0.25, 0.3) is 10.9 Å². The number of methoxy groups -OCH3 is 1. The molecular formula is C27H33ClN4O2. The van der Waals surface area contributed by atoms with E-state index in [1.54, 1.807) is 7.11 Å². The number of aromatic nitrogens is 1. The Bertz CT molecular complexity index is 1140. The zero-order valence-electron chi connectivity index (χ0n) is 20.0.